The van der Waals surface area contributed by atoms with Crippen LogP contribution in [0.5, 0.6) is 5.75 Å². The van der Waals surface area contributed by atoms with Crippen molar-refractivity contribution in [3.63, 3.8) is 0 Å². The van der Waals surface area contributed by atoms with E-state index < -0.39 is 0 Å². The van der Waals surface area contributed by atoms with E-state index in [-0.39, 0.29) is 6.10 Å². The number of guanidine groups is 1. The van der Waals surface area contributed by atoms with Gasteiger partial charge in [0.1, 0.15) is 5.75 Å². The molecule has 4 N–H and O–H groups in total. The Hall–Kier alpha value is -1.79. The first-order valence-electron chi connectivity index (χ1n) is 7.79. The largest absolute Gasteiger partial charge is 0.497 e. The zero-order valence-electron chi connectivity index (χ0n) is 13.2. The number of likely N-dealkylation sites (tertiary alicyclic amines) is 1. The molecule has 1 aromatic rings. The number of aliphatic hydroxyl groups is 1. The number of hydrogen-bond acceptors (Lipinski definition) is 4. The van der Waals surface area contributed by atoms with E-state index >= 15 is 0 Å². The number of methoxy groups -OCH3 is 1. The third-order valence-corrected chi connectivity index (χ3v) is 3.81. The van der Waals surface area contributed by atoms with Gasteiger partial charge in [-0.3, -0.25) is 4.99 Å². The van der Waals surface area contributed by atoms with E-state index in [1.807, 2.05) is 24.3 Å². The van der Waals surface area contributed by atoms with Crippen molar-refractivity contribution in [2.75, 3.05) is 38.6 Å². The maximum absolute atomic E-state index is 9.47. The van der Waals surface area contributed by atoms with Gasteiger partial charge in [-0.2, -0.15) is 0 Å². The van der Waals surface area contributed by atoms with Crippen LogP contribution in [-0.4, -0.2) is 55.4 Å². The lowest BCUT2D eigenvalue weighted by molar-refractivity contribution is 0.0824. The Kier molecular flexibility index (Phi) is 6.48. The number of aliphatic imine (C=N–C) groups is 1. The minimum atomic E-state index is -0.114. The van der Waals surface area contributed by atoms with Crippen LogP contribution in [0.2, 0.25) is 0 Å². The van der Waals surface area contributed by atoms with E-state index in [1.54, 1.807) is 7.11 Å². The van der Waals surface area contributed by atoms with Gasteiger partial charge in [0, 0.05) is 31.4 Å². The second-order valence-electron chi connectivity index (χ2n) is 5.55. The Balaban J connectivity index is 1.69. The third kappa shape index (κ3) is 5.54. The van der Waals surface area contributed by atoms with Gasteiger partial charge >= 0.3 is 0 Å². The summed E-state index contributed by atoms with van der Waals surface area (Å²) in [7, 11) is 1.64. The summed E-state index contributed by atoms with van der Waals surface area (Å²) in [4.78, 5) is 6.71. The molecule has 22 heavy (non-hydrogen) atoms. The van der Waals surface area contributed by atoms with Crippen LogP contribution in [0, 0.1) is 0 Å². The van der Waals surface area contributed by atoms with Gasteiger partial charge in [-0.15, -0.1) is 0 Å². The summed E-state index contributed by atoms with van der Waals surface area (Å²) in [6, 6.07) is 7.58. The van der Waals surface area contributed by atoms with E-state index in [0.29, 0.717) is 12.5 Å². The fourth-order valence-electron chi connectivity index (χ4n) is 2.53. The molecule has 0 spiro atoms. The second-order valence-corrected chi connectivity index (χ2v) is 5.55. The van der Waals surface area contributed by atoms with Crippen LogP contribution in [0.3, 0.4) is 0 Å². The molecule has 0 unspecified atom stereocenters. The van der Waals surface area contributed by atoms with Gasteiger partial charge in [-0.1, -0.05) is 6.07 Å². The number of nitrogens with one attached hydrogen (secondary N) is 1. The number of benzene rings is 1. The summed E-state index contributed by atoms with van der Waals surface area (Å²) in [5.74, 6) is 1.20. The number of nitrogens with zero attached hydrogens (tertiary/aromatic N) is 2. The third-order valence-electron chi connectivity index (χ3n) is 3.81. The monoisotopic (exact) mass is 306 g/mol. The lowest BCUT2D eigenvalue weighted by Gasteiger charge is -2.29. The van der Waals surface area contributed by atoms with Crippen LogP contribution < -0.4 is 15.8 Å². The highest BCUT2D eigenvalue weighted by Gasteiger charge is 2.15. The summed E-state index contributed by atoms with van der Waals surface area (Å²) < 4.78 is 5.17. The molecule has 0 radical (unpaired) electrons. The molecule has 1 aliphatic rings. The Morgan fingerprint density at radius 1 is 1.45 bits per heavy atom. The van der Waals surface area contributed by atoms with Crippen molar-refractivity contribution < 1.29 is 9.84 Å². The normalized spacial score (nSPS) is 17.5. The topological polar surface area (TPSA) is 83.1 Å². The first-order chi connectivity index (χ1) is 10.7. The zero-order valence-corrected chi connectivity index (χ0v) is 13.2. The number of rotatable bonds is 6. The molecular weight excluding hydrogens is 280 g/mol. The van der Waals surface area contributed by atoms with Crippen molar-refractivity contribution in [3.05, 3.63) is 24.3 Å². The van der Waals surface area contributed by atoms with Gasteiger partial charge in [0.15, 0.2) is 5.96 Å². The molecule has 1 aliphatic heterocycles. The number of ether oxygens (including phenoxy) is 1. The number of nitrogens with two attached hydrogens (primary N) is 1. The number of anilines is 1. The van der Waals surface area contributed by atoms with E-state index in [0.717, 1.165) is 50.3 Å². The number of aliphatic hydroxyl groups excluding tert-OH is 1. The Bertz CT molecular complexity index is 485. The van der Waals surface area contributed by atoms with Crippen LogP contribution in [-0.2, 0) is 0 Å². The fourth-order valence-corrected chi connectivity index (χ4v) is 2.53. The molecule has 6 nitrogen and oxygen atoms in total. The molecule has 122 valence electrons. The molecule has 1 fully saturated rings. The quantitative estimate of drug-likeness (QED) is 0.419. The Labute approximate surface area is 132 Å². The van der Waals surface area contributed by atoms with Crippen molar-refractivity contribution in [1.82, 2.24) is 4.90 Å². The first kappa shape index (κ1) is 16.6. The summed E-state index contributed by atoms with van der Waals surface area (Å²) in [6.45, 7) is 3.65. The minimum absolute atomic E-state index is 0.114. The van der Waals surface area contributed by atoms with Crippen molar-refractivity contribution >= 4 is 11.6 Å². The predicted molar refractivity (Wildman–Crippen MR) is 89.4 cm³/mol. The first-order valence-corrected chi connectivity index (χ1v) is 7.79. The van der Waals surface area contributed by atoms with E-state index in [4.69, 9.17) is 10.5 Å². The SMILES string of the molecule is COc1cccc(NC(N)=NCCCN2CCC(O)CC2)c1. The minimum Gasteiger partial charge on any atom is -0.497 e. The molecule has 0 bridgehead atoms. The van der Waals surface area contributed by atoms with Gasteiger partial charge in [0.25, 0.3) is 0 Å². The molecule has 0 aromatic heterocycles. The highest BCUT2D eigenvalue weighted by atomic mass is 16.5. The maximum atomic E-state index is 9.47. The molecule has 1 saturated heterocycles. The van der Waals surface area contributed by atoms with Crippen molar-refractivity contribution in [2.24, 2.45) is 10.7 Å². The van der Waals surface area contributed by atoms with Gasteiger partial charge in [-0.05, 0) is 37.9 Å². The fraction of sp³-hybridized carbons (Fsp3) is 0.562. The zero-order chi connectivity index (χ0) is 15.8. The molecule has 1 heterocycles. The van der Waals surface area contributed by atoms with Crippen LogP contribution in [0.4, 0.5) is 5.69 Å². The van der Waals surface area contributed by atoms with Gasteiger partial charge in [0.2, 0.25) is 0 Å². The van der Waals surface area contributed by atoms with Gasteiger partial charge in [-0.25, -0.2) is 0 Å². The molecule has 0 aliphatic carbocycles. The average Bonchev–Trinajstić information content (AvgIpc) is 2.53. The summed E-state index contributed by atoms with van der Waals surface area (Å²) in [5, 5.41) is 12.5. The van der Waals surface area contributed by atoms with E-state index in [9.17, 15) is 5.11 Å². The average molecular weight is 306 g/mol. The van der Waals surface area contributed by atoms with Crippen LogP contribution in [0.15, 0.2) is 29.3 Å². The lowest BCUT2D eigenvalue weighted by atomic mass is 10.1. The molecule has 1 aromatic carbocycles. The molecule has 0 saturated carbocycles. The summed E-state index contributed by atoms with van der Waals surface area (Å²) in [6.07, 6.45) is 2.61. The van der Waals surface area contributed by atoms with Crippen molar-refractivity contribution in [1.29, 1.82) is 0 Å². The highest BCUT2D eigenvalue weighted by molar-refractivity contribution is 5.92. The molecule has 2 rings (SSSR count). The van der Waals surface area contributed by atoms with Crippen molar-refractivity contribution in [2.45, 2.75) is 25.4 Å². The van der Waals surface area contributed by atoms with Crippen LogP contribution in [0.1, 0.15) is 19.3 Å². The summed E-state index contributed by atoms with van der Waals surface area (Å²) in [5.41, 5.74) is 6.75. The van der Waals surface area contributed by atoms with Crippen molar-refractivity contribution in [3.8, 4) is 5.75 Å². The highest BCUT2D eigenvalue weighted by Crippen LogP contribution is 2.16. The molecule has 0 atom stereocenters. The molecule has 0 amide bonds. The van der Waals surface area contributed by atoms with Gasteiger partial charge in [0.05, 0.1) is 13.2 Å². The Morgan fingerprint density at radius 3 is 2.95 bits per heavy atom. The van der Waals surface area contributed by atoms with E-state index in [2.05, 4.69) is 15.2 Å². The van der Waals surface area contributed by atoms with E-state index in [1.165, 1.54) is 0 Å². The number of hydrogen-bond donors (Lipinski definition) is 3. The predicted octanol–water partition coefficient (Wildman–Crippen LogP) is 1.27. The smallest absolute Gasteiger partial charge is 0.193 e. The maximum Gasteiger partial charge on any atom is 0.193 e. The van der Waals surface area contributed by atoms with Crippen LogP contribution in [0.25, 0.3) is 0 Å². The standard InChI is InChI=1S/C16H26N4O2/c1-22-15-5-2-4-13(12-15)19-16(17)18-8-3-9-20-10-6-14(21)7-11-20/h2,4-5,12,14,21H,3,6-11H2,1H3,(H3,17,18,19). The van der Waals surface area contributed by atoms with Crippen LogP contribution >= 0.6 is 0 Å². The second kappa shape index (κ2) is 8.60. The number of piperidine rings is 1. The lowest BCUT2D eigenvalue weighted by Crippen LogP contribution is -2.36. The summed E-state index contributed by atoms with van der Waals surface area (Å²) >= 11 is 0. The van der Waals surface area contributed by atoms with Gasteiger partial charge < -0.3 is 25.8 Å². The molecular formula is C16H26N4O2. The molecule has 6 heteroatoms. The Morgan fingerprint density at radius 2 is 2.23 bits per heavy atom.